The first-order chi connectivity index (χ1) is 14.1. The van der Waals surface area contributed by atoms with Gasteiger partial charge in [0, 0.05) is 12.6 Å². The molecule has 2 atom stereocenters. The average molecular weight is 407 g/mol. The van der Waals surface area contributed by atoms with Gasteiger partial charge in [-0.2, -0.15) is 0 Å². The Morgan fingerprint density at radius 2 is 2.28 bits per heavy atom. The zero-order valence-electron chi connectivity index (χ0n) is 16.3. The highest BCUT2D eigenvalue weighted by atomic mass is 32.1. The minimum Gasteiger partial charge on any atom is -0.348 e. The number of rotatable bonds is 4. The third-order valence-electron chi connectivity index (χ3n) is 5.47. The molecule has 0 aliphatic carbocycles. The normalized spacial score (nSPS) is 17.8. The summed E-state index contributed by atoms with van der Waals surface area (Å²) in [6, 6.07) is 8.07. The van der Waals surface area contributed by atoms with Gasteiger partial charge in [0.1, 0.15) is 20.9 Å². The van der Waals surface area contributed by atoms with Crippen molar-refractivity contribution in [2.45, 2.75) is 31.8 Å². The maximum Gasteiger partial charge on any atom is 0.237 e. The van der Waals surface area contributed by atoms with Crippen LogP contribution in [0.1, 0.15) is 31.4 Å². The minimum absolute atomic E-state index is 0.0684. The minimum atomic E-state index is -0.0720. The molecule has 0 unspecified atom stereocenters. The van der Waals surface area contributed by atoms with Crippen molar-refractivity contribution in [3.63, 3.8) is 0 Å². The number of aromatic nitrogens is 4. The third kappa shape index (κ3) is 3.28. The predicted octanol–water partition coefficient (Wildman–Crippen LogP) is 3.17. The number of imidazole rings is 1. The lowest BCUT2D eigenvalue weighted by atomic mass is 10.0. The highest BCUT2D eigenvalue weighted by Gasteiger charge is 2.23. The van der Waals surface area contributed by atoms with Crippen molar-refractivity contribution in [3.8, 4) is 10.6 Å². The number of pyridine rings is 1. The van der Waals surface area contributed by atoms with Crippen molar-refractivity contribution < 1.29 is 4.79 Å². The zero-order valence-corrected chi connectivity index (χ0v) is 17.2. The van der Waals surface area contributed by atoms with Gasteiger partial charge >= 0.3 is 0 Å². The summed E-state index contributed by atoms with van der Waals surface area (Å²) < 4.78 is 1.98. The van der Waals surface area contributed by atoms with Gasteiger partial charge in [-0.05, 0) is 37.9 Å². The number of hydrogen-bond donors (Lipinski definition) is 2. The molecule has 4 aromatic rings. The molecule has 5 rings (SSSR count). The molecule has 0 radical (unpaired) electrons. The number of benzene rings is 1. The number of nitrogens with zero attached hydrogens (tertiary/aromatic N) is 4. The van der Waals surface area contributed by atoms with E-state index in [1.54, 1.807) is 23.9 Å². The van der Waals surface area contributed by atoms with Crippen LogP contribution in [0.5, 0.6) is 0 Å². The lowest BCUT2D eigenvalue weighted by Gasteiger charge is -2.18. The fourth-order valence-corrected chi connectivity index (χ4v) is 4.78. The van der Waals surface area contributed by atoms with Crippen molar-refractivity contribution in [1.29, 1.82) is 0 Å². The molecule has 1 aliphatic rings. The van der Waals surface area contributed by atoms with Crippen LogP contribution in [-0.4, -0.2) is 38.0 Å². The predicted molar refractivity (Wildman–Crippen MR) is 115 cm³/mol. The lowest BCUT2D eigenvalue weighted by molar-refractivity contribution is -0.123. The molecule has 1 aromatic carbocycles. The van der Waals surface area contributed by atoms with E-state index in [1.807, 2.05) is 30.7 Å². The van der Waals surface area contributed by atoms with Crippen LogP contribution in [0, 0.1) is 0 Å². The SMILES string of the molecule is C[C@H](NC(=O)[C@H]1CCCN1)c1cccc(-c2nc3c(ncc4ncn(C)c43)s2)c1. The van der Waals surface area contributed by atoms with E-state index in [9.17, 15) is 4.79 Å². The van der Waals surface area contributed by atoms with E-state index in [-0.39, 0.29) is 18.0 Å². The smallest absolute Gasteiger partial charge is 0.237 e. The molecule has 8 heteroatoms. The van der Waals surface area contributed by atoms with Gasteiger partial charge in [0.25, 0.3) is 0 Å². The molecule has 1 aliphatic heterocycles. The number of carbonyl (C=O) groups excluding carboxylic acids is 1. The lowest BCUT2D eigenvalue weighted by Crippen LogP contribution is -2.41. The number of carbonyl (C=O) groups is 1. The summed E-state index contributed by atoms with van der Waals surface area (Å²) in [5, 5.41) is 7.29. The first-order valence-electron chi connectivity index (χ1n) is 9.81. The summed E-state index contributed by atoms with van der Waals surface area (Å²) in [4.78, 5) is 27.1. The largest absolute Gasteiger partial charge is 0.348 e. The number of thiazole rings is 1. The maximum absolute atomic E-state index is 12.4. The number of nitrogens with one attached hydrogen (secondary N) is 2. The molecule has 0 bridgehead atoms. The summed E-state index contributed by atoms with van der Waals surface area (Å²) >= 11 is 1.57. The Labute approximate surface area is 172 Å². The molecule has 1 amide bonds. The van der Waals surface area contributed by atoms with Crippen molar-refractivity contribution in [2.24, 2.45) is 7.05 Å². The molecule has 1 saturated heterocycles. The Morgan fingerprint density at radius 1 is 1.38 bits per heavy atom. The quantitative estimate of drug-likeness (QED) is 0.544. The number of amides is 1. The Balaban J connectivity index is 1.45. The van der Waals surface area contributed by atoms with Crippen LogP contribution in [0.25, 0.3) is 32.0 Å². The van der Waals surface area contributed by atoms with Crippen LogP contribution in [0.15, 0.2) is 36.8 Å². The van der Waals surface area contributed by atoms with Gasteiger partial charge in [0.15, 0.2) is 0 Å². The van der Waals surface area contributed by atoms with Crippen LogP contribution < -0.4 is 10.6 Å². The first-order valence-corrected chi connectivity index (χ1v) is 10.6. The first kappa shape index (κ1) is 18.2. The number of aryl methyl sites for hydroxylation is 1. The fraction of sp³-hybridized carbons (Fsp3) is 0.333. The van der Waals surface area contributed by atoms with E-state index in [0.29, 0.717) is 0 Å². The van der Waals surface area contributed by atoms with Crippen LogP contribution in [0.4, 0.5) is 0 Å². The molecular weight excluding hydrogens is 384 g/mol. The monoisotopic (exact) mass is 406 g/mol. The molecule has 0 spiro atoms. The van der Waals surface area contributed by atoms with Gasteiger partial charge < -0.3 is 15.2 Å². The Morgan fingerprint density at radius 3 is 3.10 bits per heavy atom. The molecule has 1 fully saturated rings. The number of hydrogen-bond acceptors (Lipinski definition) is 6. The summed E-state index contributed by atoms with van der Waals surface area (Å²) in [6.45, 7) is 2.93. The summed E-state index contributed by atoms with van der Waals surface area (Å²) in [5.41, 5.74) is 4.81. The molecule has 148 valence electrons. The van der Waals surface area contributed by atoms with E-state index in [4.69, 9.17) is 4.98 Å². The van der Waals surface area contributed by atoms with Crippen LogP contribution in [-0.2, 0) is 11.8 Å². The standard InChI is InChI=1S/C21H22N6OS/c1-12(25-19(28)15-7-4-8-22-15)13-5-3-6-14(9-13)20-26-17-18-16(24-11-27(18)2)10-23-21(17)29-20/h3,5-6,9-12,15,22H,4,7-8H2,1-2H3,(H,25,28)/t12-,15+/m0/s1. The van der Waals surface area contributed by atoms with Crippen molar-refractivity contribution >= 4 is 38.6 Å². The second kappa shape index (κ2) is 7.20. The van der Waals surface area contributed by atoms with Gasteiger partial charge in [-0.15, -0.1) is 0 Å². The second-order valence-electron chi connectivity index (χ2n) is 7.52. The average Bonchev–Trinajstić information content (AvgIpc) is 3.47. The van der Waals surface area contributed by atoms with Crippen molar-refractivity contribution in [2.75, 3.05) is 6.54 Å². The highest BCUT2D eigenvalue weighted by molar-refractivity contribution is 7.21. The Bertz CT molecular complexity index is 1210. The fourth-order valence-electron chi connectivity index (χ4n) is 3.87. The van der Waals surface area contributed by atoms with Crippen LogP contribution in [0.2, 0.25) is 0 Å². The van der Waals surface area contributed by atoms with Gasteiger partial charge in [-0.3, -0.25) is 4.79 Å². The van der Waals surface area contributed by atoms with Crippen LogP contribution >= 0.6 is 11.3 Å². The van der Waals surface area contributed by atoms with E-state index in [1.165, 1.54) is 0 Å². The molecule has 4 heterocycles. The molecule has 3 aromatic heterocycles. The van der Waals surface area contributed by atoms with Gasteiger partial charge in [-0.25, -0.2) is 15.0 Å². The highest BCUT2D eigenvalue weighted by Crippen LogP contribution is 2.33. The van der Waals surface area contributed by atoms with Crippen molar-refractivity contribution in [1.82, 2.24) is 30.2 Å². The topological polar surface area (TPSA) is 84.7 Å². The third-order valence-corrected chi connectivity index (χ3v) is 6.48. The molecular formula is C21H22N6OS. The molecule has 7 nitrogen and oxygen atoms in total. The van der Waals surface area contributed by atoms with Crippen molar-refractivity contribution in [3.05, 3.63) is 42.4 Å². The molecule has 2 N–H and O–H groups in total. The summed E-state index contributed by atoms with van der Waals surface area (Å²) in [7, 11) is 1.97. The number of fused-ring (bicyclic) bond motifs is 3. The van der Waals surface area contributed by atoms with E-state index in [0.717, 1.165) is 56.9 Å². The summed E-state index contributed by atoms with van der Waals surface area (Å²) in [6.07, 6.45) is 5.54. The van der Waals surface area contributed by atoms with E-state index in [2.05, 4.69) is 32.7 Å². The Kier molecular flexibility index (Phi) is 4.52. The zero-order chi connectivity index (χ0) is 20.0. The maximum atomic E-state index is 12.4. The van der Waals surface area contributed by atoms with Gasteiger partial charge in [0.2, 0.25) is 5.91 Å². The van der Waals surface area contributed by atoms with E-state index < -0.39 is 0 Å². The van der Waals surface area contributed by atoms with Crippen LogP contribution in [0.3, 0.4) is 0 Å². The summed E-state index contributed by atoms with van der Waals surface area (Å²) in [5.74, 6) is 0.0724. The second-order valence-corrected chi connectivity index (χ2v) is 8.50. The molecule has 0 saturated carbocycles. The van der Waals surface area contributed by atoms with E-state index >= 15 is 0 Å². The van der Waals surface area contributed by atoms with Gasteiger partial charge in [-0.1, -0.05) is 29.5 Å². The Hall–Kier alpha value is -2.84. The molecule has 29 heavy (non-hydrogen) atoms. The van der Waals surface area contributed by atoms with Gasteiger partial charge in [0.05, 0.1) is 30.1 Å².